The van der Waals surface area contributed by atoms with Crippen LogP contribution in [-0.2, 0) is 0 Å². The summed E-state index contributed by atoms with van der Waals surface area (Å²) in [6.45, 7) is 7.45. The molecule has 0 saturated heterocycles. The van der Waals surface area contributed by atoms with Crippen molar-refractivity contribution >= 4 is 151 Å². The number of thioether (sulfide) groups is 2. The molecule has 15 rings (SSSR count). The minimum absolute atomic E-state index is 0.152. The van der Waals surface area contributed by atoms with Gasteiger partial charge in [0, 0.05) is 62.4 Å². The molecule has 10 aromatic rings. The first kappa shape index (κ1) is 43.9. The van der Waals surface area contributed by atoms with Crippen molar-refractivity contribution in [1.82, 2.24) is 0 Å². The topological polar surface area (TPSA) is 40.2 Å². The Morgan fingerprint density at radius 3 is 1.74 bits per heavy atom. The first-order chi connectivity index (χ1) is 35.4. The second kappa shape index (κ2) is 15.7. The molecule has 352 valence electrons. The zero-order valence-electron chi connectivity index (χ0n) is 40.0. The van der Waals surface area contributed by atoms with Gasteiger partial charge in [-0.25, -0.2) is 13.2 Å². The molecule has 0 bridgehead atoms. The number of para-hydroxylation sites is 1. The van der Waals surface area contributed by atoms with E-state index in [4.69, 9.17) is 18.9 Å². The van der Waals surface area contributed by atoms with Crippen molar-refractivity contribution in [3.63, 3.8) is 0 Å². The third-order valence-electron chi connectivity index (χ3n) is 15.3. The van der Waals surface area contributed by atoms with Crippen LogP contribution in [0.15, 0.2) is 125 Å². The molecule has 73 heavy (non-hydrogen) atoms. The van der Waals surface area contributed by atoms with Gasteiger partial charge in [-0.15, -0.1) is 46.2 Å². The summed E-state index contributed by atoms with van der Waals surface area (Å²) >= 11 is 6.64. The molecular formula is C58H37B3F3NO4S4. The largest absolute Gasteiger partial charge is 0.458 e. The monoisotopic (exact) mass is 1030 g/mol. The minimum atomic E-state index is -0.708. The zero-order chi connectivity index (χ0) is 49.5. The lowest BCUT2D eigenvalue weighted by Gasteiger charge is -2.41. The Balaban J connectivity index is 1.01. The fourth-order valence-corrected chi connectivity index (χ4v) is 15.6. The van der Waals surface area contributed by atoms with Crippen LogP contribution in [0, 0.1) is 45.1 Å². The Kier molecular flexibility index (Phi) is 9.44. The Labute approximate surface area is 436 Å². The van der Waals surface area contributed by atoms with Crippen LogP contribution in [0.25, 0.3) is 20.2 Å². The van der Waals surface area contributed by atoms with Gasteiger partial charge in [-0.2, -0.15) is 0 Å². The molecule has 0 fully saturated rings. The summed E-state index contributed by atoms with van der Waals surface area (Å²) < 4.78 is 80.2. The van der Waals surface area contributed by atoms with Crippen molar-refractivity contribution in [2.75, 3.05) is 17.4 Å². The maximum atomic E-state index is 16.5. The molecule has 2 aromatic heterocycles. The first-order valence-electron chi connectivity index (χ1n) is 24.0. The fourth-order valence-electron chi connectivity index (χ4n) is 12.2. The van der Waals surface area contributed by atoms with Gasteiger partial charge in [0.05, 0.1) is 0 Å². The number of hydrogen-bond acceptors (Lipinski definition) is 9. The fraction of sp³-hybridized carbons (Fsp3) is 0.103. The SMILES string of the molecule is CSc1cc(C)c2c(c1)Oc1c(sc3ccc(C)cc13)B2c1cc2c(cc1C)Oc1cc(SC)cc3c1B2c1cc2c(cc1O3)N(c1c(F)cccc1F)c1cc(C)cc3c1B2c1sc2ccc(F)cc2c1O3. The molecule has 0 radical (unpaired) electrons. The predicted octanol–water partition coefficient (Wildman–Crippen LogP) is 11.0. The van der Waals surface area contributed by atoms with Crippen LogP contribution in [0.5, 0.6) is 46.0 Å². The summed E-state index contributed by atoms with van der Waals surface area (Å²) in [5.41, 5.74) is 11.9. The number of fused-ring (bicyclic) bond motifs is 14. The molecular weight excluding hydrogens is 992 g/mol. The maximum absolute atomic E-state index is 16.5. The van der Waals surface area contributed by atoms with E-state index >= 15 is 13.2 Å². The highest BCUT2D eigenvalue weighted by Gasteiger charge is 2.49. The van der Waals surface area contributed by atoms with E-state index in [9.17, 15) is 0 Å². The van der Waals surface area contributed by atoms with Gasteiger partial charge in [0.2, 0.25) is 0 Å². The van der Waals surface area contributed by atoms with E-state index in [1.165, 1.54) is 40.6 Å². The lowest BCUT2D eigenvalue weighted by atomic mass is 9.31. The highest BCUT2D eigenvalue weighted by Crippen LogP contribution is 2.48. The average molecular weight is 1030 g/mol. The number of rotatable bonds is 4. The van der Waals surface area contributed by atoms with Gasteiger partial charge in [-0.05, 0) is 158 Å². The molecule has 0 amide bonds. The Hall–Kier alpha value is -6.64. The van der Waals surface area contributed by atoms with Gasteiger partial charge in [-0.1, -0.05) is 46.4 Å². The second-order valence-electron chi connectivity index (χ2n) is 19.6. The van der Waals surface area contributed by atoms with Crippen LogP contribution < -0.4 is 71.6 Å². The molecule has 5 aliphatic rings. The molecule has 8 aromatic carbocycles. The van der Waals surface area contributed by atoms with Crippen LogP contribution in [0.1, 0.15) is 22.3 Å². The van der Waals surface area contributed by atoms with Crippen molar-refractivity contribution in [3.8, 4) is 46.0 Å². The Bertz CT molecular complexity index is 4160. The molecule has 0 unspecified atom stereocenters. The number of aryl methyl sites for hydroxylation is 4. The quantitative estimate of drug-likeness (QED) is 0.128. The van der Waals surface area contributed by atoms with E-state index in [2.05, 4.69) is 87.7 Å². The van der Waals surface area contributed by atoms with Crippen molar-refractivity contribution < 1.29 is 32.1 Å². The number of thiophene rings is 2. The summed E-state index contributed by atoms with van der Waals surface area (Å²) in [6, 6.07) is 36.6. The van der Waals surface area contributed by atoms with E-state index in [0.717, 1.165) is 102 Å². The molecule has 0 saturated carbocycles. The number of ether oxygens (including phenoxy) is 4. The number of anilines is 3. The first-order valence-corrected chi connectivity index (χ1v) is 28.1. The molecule has 0 atom stereocenters. The molecule has 0 N–H and O–H groups in total. The van der Waals surface area contributed by atoms with Crippen LogP contribution in [-0.4, -0.2) is 32.6 Å². The molecule has 15 heteroatoms. The highest BCUT2D eigenvalue weighted by molar-refractivity contribution is 7.98. The standard InChI is InChI=1S/C58H37B3F3NO4S4/c1-26-10-12-49-33(14-26)55-57(72-49)60(51-29(4)17-31(70-5)20-46(51)69-55)35-23-37-43(18-28(35)3)66-47-21-32(71-6)22-48-53(47)59(37)38-24-36-41(25-44(38)67-48)65(54-39(63)8-7-9-40(54)64)42-15-27(2)16-45-52(42)61(36)58-56(68-45)34-19-30(62)11-13-50(34)73-58/h7-25H,1-6H3. The molecule has 5 nitrogen and oxygen atoms in total. The summed E-state index contributed by atoms with van der Waals surface area (Å²) in [5.74, 6) is 3.81. The highest BCUT2D eigenvalue weighted by atomic mass is 32.2. The number of nitrogens with zero attached hydrogens (tertiary/aromatic N) is 1. The average Bonchev–Trinajstić information content (AvgIpc) is 3.92. The van der Waals surface area contributed by atoms with Gasteiger partial charge in [0.25, 0.3) is 20.1 Å². The van der Waals surface area contributed by atoms with E-state index < -0.39 is 18.3 Å². The Morgan fingerprint density at radius 1 is 0.466 bits per heavy atom. The molecule has 7 heterocycles. The van der Waals surface area contributed by atoms with E-state index in [1.807, 2.05) is 31.4 Å². The lowest BCUT2D eigenvalue weighted by molar-refractivity contribution is 0.462. The van der Waals surface area contributed by atoms with Gasteiger partial charge in [0.1, 0.15) is 69.1 Å². The van der Waals surface area contributed by atoms with Gasteiger partial charge in [0.15, 0.2) is 0 Å². The maximum Gasteiger partial charge on any atom is 0.268 e. The third-order valence-corrected chi connectivity index (χ3v) is 19.1. The van der Waals surface area contributed by atoms with Crippen LogP contribution in [0.4, 0.5) is 30.2 Å². The van der Waals surface area contributed by atoms with Crippen molar-refractivity contribution in [2.45, 2.75) is 37.5 Å². The molecule has 0 aliphatic carbocycles. The van der Waals surface area contributed by atoms with Gasteiger partial charge >= 0.3 is 0 Å². The van der Waals surface area contributed by atoms with Crippen LogP contribution in [0.3, 0.4) is 0 Å². The number of benzene rings is 8. The van der Waals surface area contributed by atoms with E-state index in [0.29, 0.717) is 45.5 Å². The second-order valence-corrected chi connectivity index (χ2v) is 23.6. The van der Waals surface area contributed by atoms with Crippen molar-refractivity contribution in [3.05, 3.63) is 155 Å². The van der Waals surface area contributed by atoms with Gasteiger partial charge in [-0.3, -0.25) is 0 Å². The predicted molar refractivity (Wildman–Crippen MR) is 301 cm³/mol. The third kappa shape index (κ3) is 6.22. The van der Waals surface area contributed by atoms with Gasteiger partial charge < -0.3 is 23.8 Å². The normalized spacial score (nSPS) is 14.0. The number of halogens is 3. The van der Waals surface area contributed by atoms with E-state index in [1.54, 1.807) is 57.2 Å². The lowest BCUT2D eigenvalue weighted by Crippen LogP contribution is -2.63. The Morgan fingerprint density at radius 2 is 1.05 bits per heavy atom. The molecule has 0 spiro atoms. The van der Waals surface area contributed by atoms with Crippen LogP contribution in [0.2, 0.25) is 0 Å². The summed E-state index contributed by atoms with van der Waals surface area (Å²) in [5, 5.41) is 1.78. The zero-order valence-corrected chi connectivity index (χ0v) is 43.3. The summed E-state index contributed by atoms with van der Waals surface area (Å²) in [4.78, 5) is 3.81. The molecule has 5 aliphatic heterocycles. The van der Waals surface area contributed by atoms with Crippen LogP contribution >= 0.6 is 46.2 Å². The van der Waals surface area contributed by atoms with Crippen molar-refractivity contribution in [1.29, 1.82) is 0 Å². The summed E-state index contributed by atoms with van der Waals surface area (Å²) in [7, 11) is 0. The summed E-state index contributed by atoms with van der Waals surface area (Å²) in [6.07, 6.45) is 4.13. The minimum Gasteiger partial charge on any atom is -0.458 e. The van der Waals surface area contributed by atoms with Crippen molar-refractivity contribution in [2.24, 2.45) is 0 Å². The number of hydrogen-bond donors (Lipinski definition) is 0. The smallest absolute Gasteiger partial charge is 0.268 e. The van der Waals surface area contributed by atoms with E-state index in [-0.39, 0.29) is 24.9 Å².